The van der Waals surface area contributed by atoms with Crippen LogP contribution in [0.5, 0.6) is 0 Å². The lowest BCUT2D eigenvalue weighted by Gasteiger charge is -2.31. The molecule has 0 aliphatic carbocycles. The number of nitrogens with zero attached hydrogens (tertiary/aromatic N) is 1. The van der Waals surface area contributed by atoms with Gasteiger partial charge in [0.15, 0.2) is 0 Å². The molecule has 2 unspecified atom stereocenters. The van der Waals surface area contributed by atoms with E-state index in [1.165, 1.54) is 0 Å². The first-order chi connectivity index (χ1) is 8.97. The van der Waals surface area contributed by atoms with Crippen LogP contribution in [0.1, 0.15) is 46.5 Å². The lowest BCUT2D eigenvalue weighted by atomic mass is 9.93. The van der Waals surface area contributed by atoms with Crippen molar-refractivity contribution in [3.63, 3.8) is 0 Å². The van der Waals surface area contributed by atoms with Crippen LogP contribution in [0, 0.1) is 11.8 Å². The molecule has 3 N–H and O–H groups in total. The number of rotatable bonds is 10. The summed E-state index contributed by atoms with van der Waals surface area (Å²) < 4.78 is 0. The second-order valence-electron chi connectivity index (χ2n) is 5.68. The van der Waals surface area contributed by atoms with Gasteiger partial charge < -0.3 is 16.0 Å². The Bertz CT molecular complexity index is 240. The number of hydrogen-bond donors (Lipinski definition) is 2. The molecule has 0 radical (unpaired) electrons. The van der Waals surface area contributed by atoms with Gasteiger partial charge in [0, 0.05) is 18.5 Å². The van der Waals surface area contributed by atoms with E-state index >= 15 is 0 Å². The summed E-state index contributed by atoms with van der Waals surface area (Å²) in [5.74, 6) is 0.856. The maximum Gasteiger partial charge on any atom is 0.222 e. The van der Waals surface area contributed by atoms with Crippen LogP contribution in [0.2, 0.25) is 0 Å². The quantitative estimate of drug-likeness (QED) is 0.637. The normalized spacial score (nSPS) is 14.7. The molecule has 1 amide bonds. The van der Waals surface area contributed by atoms with Crippen LogP contribution in [0.15, 0.2) is 0 Å². The minimum atomic E-state index is 0.0630. The summed E-state index contributed by atoms with van der Waals surface area (Å²) in [7, 11) is 4.18. The van der Waals surface area contributed by atoms with Gasteiger partial charge in [0.2, 0.25) is 5.91 Å². The Morgan fingerprint density at radius 2 is 1.84 bits per heavy atom. The monoisotopic (exact) mass is 271 g/mol. The lowest BCUT2D eigenvalue weighted by molar-refractivity contribution is -0.125. The van der Waals surface area contributed by atoms with Crippen molar-refractivity contribution >= 4 is 5.91 Å². The van der Waals surface area contributed by atoms with Gasteiger partial charge in [0.05, 0.1) is 0 Å². The Labute approximate surface area is 119 Å². The van der Waals surface area contributed by atoms with Gasteiger partial charge in [-0.25, -0.2) is 0 Å². The molecule has 0 spiro atoms. The molecular weight excluding hydrogens is 238 g/mol. The number of carbonyl (C=O) groups is 1. The van der Waals surface area contributed by atoms with Crippen molar-refractivity contribution in [2.45, 2.75) is 52.5 Å². The van der Waals surface area contributed by atoms with E-state index in [9.17, 15) is 4.79 Å². The van der Waals surface area contributed by atoms with E-state index in [2.05, 4.69) is 38.2 Å². The van der Waals surface area contributed by atoms with Crippen molar-refractivity contribution in [3.05, 3.63) is 0 Å². The zero-order valence-corrected chi connectivity index (χ0v) is 13.4. The highest BCUT2D eigenvalue weighted by Crippen LogP contribution is 2.16. The molecule has 4 nitrogen and oxygen atoms in total. The molecule has 0 heterocycles. The van der Waals surface area contributed by atoms with E-state index < -0.39 is 0 Å². The van der Waals surface area contributed by atoms with Crippen LogP contribution in [0.25, 0.3) is 0 Å². The molecule has 2 atom stereocenters. The van der Waals surface area contributed by atoms with E-state index in [1.807, 2.05) is 6.92 Å². The van der Waals surface area contributed by atoms with Crippen molar-refractivity contribution < 1.29 is 4.79 Å². The summed E-state index contributed by atoms with van der Waals surface area (Å²) in [6.07, 6.45) is 4.09. The predicted octanol–water partition coefficient (Wildman–Crippen LogP) is 1.84. The minimum absolute atomic E-state index is 0.0630. The molecular formula is C15H33N3O. The largest absolute Gasteiger partial charge is 0.354 e. The molecule has 0 fully saturated rings. The fraction of sp³-hybridized carbons (Fsp3) is 0.933. The fourth-order valence-electron chi connectivity index (χ4n) is 2.54. The summed E-state index contributed by atoms with van der Waals surface area (Å²) in [6, 6.07) is 0.417. The second-order valence-corrected chi connectivity index (χ2v) is 5.68. The van der Waals surface area contributed by atoms with Crippen LogP contribution in [-0.2, 0) is 4.79 Å². The van der Waals surface area contributed by atoms with Gasteiger partial charge in [-0.15, -0.1) is 0 Å². The molecule has 0 rings (SSSR count). The van der Waals surface area contributed by atoms with E-state index in [0.717, 1.165) is 32.2 Å². The molecule has 0 aromatic carbocycles. The first kappa shape index (κ1) is 18.4. The summed E-state index contributed by atoms with van der Waals surface area (Å²) in [5.41, 5.74) is 5.48. The number of hydrogen-bond acceptors (Lipinski definition) is 3. The molecule has 0 saturated heterocycles. The maximum atomic E-state index is 12.0. The maximum absolute atomic E-state index is 12.0. The molecule has 114 valence electrons. The first-order valence-corrected chi connectivity index (χ1v) is 7.62. The van der Waals surface area contributed by atoms with Gasteiger partial charge in [-0.1, -0.05) is 33.6 Å². The number of amides is 1. The smallest absolute Gasteiger partial charge is 0.222 e. The number of carbonyl (C=O) groups excluding carboxylic acids is 1. The molecule has 0 aromatic heterocycles. The van der Waals surface area contributed by atoms with E-state index in [0.29, 0.717) is 18.5 Å². The Balaban J connectivity index is 4.27. The average molecular weight is 271 g/mol. The summed E-state index contributed by atoms with van der Waals surface area (Å²) in [6.45, 7) is 7.82. The zero-order valence-electron chi connectivity index (χ0n) is 13.4. The molecule has 0 aromatic rings. The van der Waals surface area contributed by atoms with Crippen LogP contribution in [0.3, 0.4) is 0 Å². The van der Waals surface area contributed by atoms with Crippen LogP contribution < -0.4 is 11.1 Å². The fourth-order valence-corrected chi connectivity index (χ4v) is 2.54. The van der Waals surface area contributed by atoms with Gasteiger partial charge in [-0.2, -0.15) is 0 Å². The lowest BCUT2D eigenvalue weighted by Crippen LogP contribution is -2.45. The van der Waals surface area contributed by atoms with Crippen LogP contribution in [-0.4, -0.2) is 44.0 Å². The molecule has 0 saturated carbocycles. The zero-order chi connectivity index (χ0) is 14.8. The molecule has 0 bridgehead atoms. The Morgan fingerprint density at radius 1 is 1.26 bits per heavy atom. The summed E-state index contributed by atoms with van der Waals surface area (Å²) in [4.78, 5) is 14.2. The van der Waals surface area contributed by atoms with Crippen molar-refractivity contribution in [2.75, 3.05) is 27.2 Å². The standard InChI is InChI=1S/C15H33N3O/c1-6-13(7-2)14(18(4)5)11-17-15(19)12(3)9-8-10-16/h12-14H,6-11,16H2,1-5H3,(H,17,19). The highest BCUT2D eigenvalue weighted by atomic mass is 16.1. The van der Waals surface area contributed by atoms with E-state index in [1.54, 1.807) is 0 Å². The highest BCUT2D eigenvalue weighted by molar-refractivity contribution is 5.78. The van der Waals surface area contributed by atoms with Gasteiger partial charge in [-0.3, -0.25) is 4.79 Å². The van der Waals surface area contributed by atoms with E-state index in [4.69, 9.17) is 5.73 Å². The third-order valence-electron chi connectivity index (χ3n) is 4.03. The number of likely N-dealkylation sites (N-methyl/N-ethyl adjacent to an activating group) is 1. The van der Waals surface area contributed by atoms with Gasteiger partial charge in [0.1, 0.15) is 0 Å². The summed E-state index contributed by atoms with van der Waals surface area (Å²) >= 11 is 0. The Kier molecular flexibility index (Phi) is 9.88. The molecule has 0 aliphatic rings. The first-order valence-electron chi connectivity index (χ1n) is 7.62. The van der Waals surface area contributed by atoms with Crippen molar-refractivity contribution in [2.24, 2.45) is 17.6 Å². The topological polar surface area (TPSA) is 58.4 Å². The van der Waals surface area contributed by atoms with Gasteiger partial charge in [0.25, 0.3) is 0 Å². The number of nitrogens with two attached hydrogens (primary N) is 1. The van der Waals surface area contributed by atoms with Crippen molar-refractivity contribution in [3.8, 4) is 0 Å². The highest BCUT2D eigenvalue weighted by Gasteiger charge is 2.22. The predicted molar refractivity (Wildman–Crippen MR) is 82.0 cm³/mol. The minimum Gasteiger partial charge on any atom is -0.354 e. The molecule has 4 heteroatoms. The average Bonchev–Trinajstić information content (AvgIpc) is 2.39. The van der Waals surface area contributed by atoms with Crippen LogP contribution >= 0.6 is 0 Å². The third kappa shape index (κ3) is 6.92. The summed E-state index contributed by atoms with van der Waals surface area (Å²) in [5, 5.41) is 3.10. The van der Waals surface area contributed by atoms with E-state index in [-0.39, 0.29) is 11.8 Å². The molecule has 0 aliphatic heterocycles. The Hall–Kier alpha value is -0.610. The van der Waals surface area contributed by atoms with Crippen LogP contribution in [0.4, 0.5) is 0 Å². The Morgan fingerprint density at radius 3 is 2.26 bits per heavy atom. The second kappa shape index (κ2) is 10.2. The third-order valence-corrected chi connectivity index (χ3v) is 4.03. The van der Waals surface area contributed by atoms with Crippen molar-refractivity contribution in [1.29, 1.82) is 0 Å². The molecule has 19 heavy (non-hydrogen) atoms. The van der Waals surface area contributed by atoms with Crippen molar-refractivity contribution in [1.82, 2.24) is 10.2 Å². The number of nitrogens with one attached hydrogen (secondary N) is 1. The van der Waals surface area contributed by atoms with Gasteiger partial charge in [-0.05, 0) is 39.4 Å². The SMILES string of the molecule is CCC(CC)C(CNC(=O)C(C)CCCN)N(C)C. The van der Waals surface area contributed by atoms with Gasteiger partial charge >= 0.3 is 0 Å².